The zero-order chi connectivity index (χ0) is 16.2. The number of hydrogen-bond donors (Lipinski definition) is 3. The molecular weight excluding hydrogens is 317 g/mol. The number of nitrogens with zero attached hydrogens (tertiary/aromatic N) is 1. The third kappa shape index (κ3) is 4.43. The van der Waals surface area contributed by atoms with E-state index in [-0.39, 0.29) is 11.9 Å². The first-order valence-electron chi connectivity index (χ1n) is 8.41. The van der Waals surface area contributed by atoms with Crippen molar-refractivity contribution < 1.29 is 9.50 Å². The fourth-order valence-corrected chi connectivity index (χ4v) is 3.67. The van der Waals surface area contributed by atoms with Crippen LogP contribution in [0.25, 0.3) is 0 Å². The average Bonchev–Trinajstić information content (AvgIpc) is 2.95. The molecule has 0 aliphatic carbocycles. The predicted octanol–water partition coefficient (Wildman–Crippen LogP) is 1.61. The fraction of sp³-hybridized carbons (Fsp3) is 0.647. The van der Waals surface area contributed by atoms with E-state index in [1.807, 2.05) is 0 Å². The van der Waals surface area contributed by atoms with E-state index in [0.29, 0.717) is 35.6 Å². The van der Waals surface area contributed by atoms with Crippen molar-refractivity contribution in [2.24, 2.45) is 5.92 Å². The lowest BCUT2D eigenvalue weighted by Gasteiger charge is -2.33. The summed E-state index contributed by atoms with van der Waals surface area (Å²) in [6.07, 6.45) is 1.86. The Labute approximate surface area is 142 Å². The van der Waals surface area contributed by atoms with Gasteiger partial charge in [0.25, 0.3) is 0 Å². The zero-order valence-electron chi connectivity index (χ0n) is 13.3. The van der Waals surface area contributed by atoms with Crippen molar-refractivity contribution in [3.8, 4) is 0 Å². The van der Waals surface area contributed by atoms with Crippen LogP contribution < -0.4 is 10.6 Å². The number of benzene rings is 1. The van der Waals surface area contributed by atoms with Crippen molar-refractivity contribution in [3.63, 3.8) is 0 Å². The van der Waals surface area contributed by atoms with Crippen molar-refractivity contribution in [2.75, 3.05) is 32.7 Å². The van der Waals surface area contributed by atoms with E-state index in [1.165, 1.54) is 6.07 Å². The maximum atomic E-state index is 13.9. The third-order valence-electron chi connectivity index (χ3n) is 5.00. The highest BCUT2D eigenvalue weighted by Crippen LogP contribution is 2.22. The number of likely N-dealkylation sites (tertiary alicyclic amines) is 1. The molecule has 0 amide bonds. The quantitative estimate of drug-likeness (QED) is 0.761. The highest BCUT2D eigenvalue weighted by Gasteiger charge is 2.26. The molecule has 2 heterocycles. The molecule has 23 heavy (non-hydrogen) atoms. The van der Waals surface area contributed by atoms with Gasteiger partial charge in [-0.3, -0.25) is 4.90 Å². The summed E-state index contributed by atoms with van der Waals surface area (Å²) >= 11 is 6.10. The summed E-state index contributed by atoms with van der Waals surface area (Å²) in [5, 5.41) is 17.1. The molecule has 0 saturated carbocycles. The van der Waals surface area contributed by atoms with Gasteiger partial charge in [-0.1, -0.05) is 17.7 Å². The molecule has 0 radical (unpaired) electrons. The molecule has 3 rings (SSSR count). The Morgan fingerprint density at radius 1 is 1.30 bits per heavy atom. The highest BCUT2D eigenvalue weighted by molar-refractivity contribution is 6.31. The fourth-order valence-electron chi connectivity index (χ4n) is 3.45. The topological polar surface area (TPSA) is 47.5 Å². The molecule has 2 fully saturated rings. The smallest absolute Gasteiger partial charge is 0.129 e. The largest absolute Gasteiger partial charge is 0.391 e. The number of β-amino-alcohol motifs (C(OH)–C–C–N with tert-alkyl or cyclic N) is 1. The van der Waals surface area contributed by atoms with Crippen LogP contribution in [0.3, 0.4) is 0 Å². The van der Waals surface area contributed by atoms with Crippen molar-refractivity contribution in [1.82, 2.24) is 15.5 Å². The lowest BCUT2D eigenvalue weighted by molar-refractivity contribution is 0.137. The predicted molar refractivity (Wildman–Crippen MR) is 90.1 cm³/mol. The molecule has 0 aromatic heterocycles. The number of halogens is 2. The number of nitrogens with one attached hydrogen (secondary N) is 2. The second-order valence-corrected chi connectivity index (χ2v) is 7.05. The van der Waals surface area contributed by atoms with Gasteiger partial charge in [-0.15, -0.1) is 0 Å². The Morgan fingerprint density at radius 3 is 2.74 bits per heavy atom. The molecule has 2 atom stereocenters. The van der Waals surface area contributed by atoms with Gasteiger partial charge < -0.3 is 15.7 Å². The van der Waals surface area contributed by atoms with Crippen LogP contribution in [0.5, 0.6) is 0 Å². The number of aliphatic hydroxyl groups excluding tert-OH is 1. The Morgan fingerprint density at radius 2 is 2.09 bits per heavy atom. The number of aliphatic hydroxyl groups is 1. The minimum atomic E-state index is -0.231. The van der Waals surface area contributed by atoms with Crippen LogP contribution in [-0.2, 0) is 6.54 Å². The van der Waals surface area contributed by atoms with E-state index in [4.69, 9.17) is 11.6 Å². The van der Waals surface area contributed by atoms with Gasteiger partial charge in [-0.25, -0.2) is 4.39 Å². The van der Waals surface area contributed by atoms with Crippen molar-refractivity contribution >= 4 is 11.6 Å². The van der Waals surface area contributed by atoms with Gasteiger partial charge in [0, 0.05) is 48.7 Å². The van der Waals surface area contributed by atoms with Gasteiger partial charge >= 0.3 is 0 Å². The monoisotopic (exact) mass is 341 g/mol. The van der Waals surface area contributed by atoms with Gasteiger partial charge in [-0.05, 0) is 38.1 Å². The lowest BCUT2D eigenvalue weighted by atomic mass is 10.0. The summed E-state index contributed by atoms with van der Waals surface area (Å²) in [5.74, 6) is 0.0886. The molecule has 2 saturated heterocycles. The van der Waals surface area contributed by atoms with E-state index < -0.39 is 0 Å². The third-order valence-corrected chi connectivity index (χ3v) is 5.36. The van der Waals surface area contributed by atoms with Crippen molar-refractivity contribution in [2.45, 2.75) is 31.5 Å². The van der Waals surface area contributed by atoms with Crippen LogP contribution in [0.1, 0.15) is 18.4 Å². The summed E-state index contributed by atoms with van der Waals surface area (Å²) in [6, 6.07) is 5.34. The maximum Gasteiger partial charge on any atom is 0.129 e. The van der Waals surface area contributed by atoms with Gasteiger partial charge in [-0.2, -0.15) is 0 Å². The minimum Gasteiger partial charge on any atom is -0.391 e. The molecule has 4 nitrogen and oxygen atoms in total. The van der Waals surface area contributed by atoms with Crippen LogP contribution in [-0.4, -0.2) is 54.9 Å². The SMILES string of the molecule is OC1CNCC1CNC1CCN(Cc2c(F)cccc2Cl)CC1. The Kier molecular flexibility index (Phi) is 5.88. The first-order valence-corrected chi connectivity index (χ1v) is 8.78. The summed E-state index contributed by atoms with van der Waals surface area (Å²) in [4.78, 5) is 2.26. The first kappa shape index (κ1) is 17.1. The van der Waals surface area contributed by atoms with E-state index in [9.17, 15) is 9.50 Å². The van der Waals surface area contributed by atoms with Crippen LogP contribution in [0.15, 0.2) is 18.2 Å². The first-order chi connectivity index (χ1) is 11.1. The normalized spacial score (nSPS) is 26.7. The minimum absolute atomic E-state index is 0.222. The second-order valence-electron chi connectivity index (χ2n) is 6.64. The van der Waals surface area contributed by atoms with Gasteiger partial charge in [0.2, 0.25) is 0 Å². The lowest BCUT2D eigenvalue weighted by Crippen LogP contribution is -2.44. The van der Waals surface area contributed by atoms with Crippen LogP contribution >= 0.6 is 11.6 Å². The Balaban J connectivity index is 1.43. The molecule has 0 spiro atoms. The highest BCUT2D eigenvalue weighted by atomic mass is 35.5. The van der Waals surface area contributed by atoms with Gasteiger partial charge in [0.05, 0.1) is 6.10 Å². The average molecular weight is 342 g/mol. The van der Waals surface area contributed by atoms with Crippen molar-refractivity contribution in [1.29, 1.82) is 0 Å². The number of piperidine rings is 1. The van der Waals surface area contributed by atoms with Crippen LogP contribution in [0.4, 0.5) is 4.39 Å². The van der Waals surface area contributed by atoms with Gasteiger partial charge in [0.1, 0.15) is 5.82 Å². The van der Waals surface area contributed by atoms with E-state index >= 15 is 0 Å². The maximum absolute atomic E-state index is 13.9. The van der Waals surface area contributed by atoms with Crippen molar-refractivity contribution in [3.05, 3.63) is 34.6 Å². The van der Waals surface area contributed by atoms with Gasteiger partial charge in [0.15, 0.2) is 0 Å². The Bertz CT molecular complexity index is 502. The Hall–Kier alpha value is -0.720. The van der Waals surface area contributed by atoms with E-state index in [0.717, 1.165) is 39.0 Å². The van der Waals surface area contributed by atoms with E-state index in [1.54, 1.807) is 12.1 Å². The van der Waals surface area contributed by atoms with Crippen LogP contribution in [0.2, 0.25) is 5.02 Å². The molecule has 128 valence electrons. The molecule has 0 bridgehead atoms. The summed E-state index contributed by atoms with van der Waals surface area (Å²) in [6.45, 7) is 4.90. The molecule has 1 aromatic rings. The summed E-state index contributed by atoms with van der Waals surface area (Å²) < 4.78 is 13.9. The van der Waals surface area contributed by atoms with Crippen LogP contribution in [0, 0.1) is 11.7 Å². The molecule has 1 aromatic carbocycles. The second kappa shape index (κ2) is 7.90. The molecule has 3 N–H and O–H groups in total. The molecule has 2 unspecified atom stereocenters. The molecule has 2 aliphatic rings. The number of rotatable bonds is 5. The van der Waals surface area contributed by atoms with E-state index in [2.05, 4.69) is 15.5 Å². The summed E-state index contributed by atoms with van der Waals surface area (Å²) in [7, 11) is 0. The zero-order valence-corrected chi connectivity index (χ0v) is 14.0. The molecule has 2 aliphatic heterocycles. The summed E-state index contributed by atoms with van der Waals surface area (Å²) in [5.41, 5.74) is 0.598. The molecular formula is C17H25ClFN3O. The standard InChI is InChI=1S/C17H25ClFN3O/c18-15-2-1-3-16(19)14(15)11-22-6-4-13(5-7-22)21-9-12-8-20-10-17(12)23/h1-3,12-13,17,20-21,23H,4-11H2. The molecule has 6 heteroatoms. The number of hydrogen-bond acceptors (Lipinski definition) is 4.